The van der Waals surface area contributed by atoms with E-state index in [9.17, 15) is 40.9 Å². The van der Waals surface area contributed by atoms with Gasteiger partial charge in [-0.1, -0.05) is 42.0 Å². The van der Waals surface area contributed by atoms with Crippen LogP contribution in [0, 0.1) is 42.7 Å². The van der Waals surface area contributed by atoms with E-state index in [-0.39, 0.29) is 78.5 Å². The molecule has 0 aliphatic heterocycles. The Bertz CT molecular complexity index is 2420. The highest BCUT2D eigenvalue weighted by Crippen LogP contribution is 2.40. The summed E-state index contributed by atoms with van der Waals surface area (Å²) >= 11 is -2.56. The van der Waals surface area contributed by atoms with Crippen molar-refractivity contribution in [3.63, 3.8) is 0 Å². The summed E-state index contributed by atoms with van der Waals surface area (Å²) in [5.41, 5.74) is 1.77. The van der Waals surface area contributed by atoms with E-state index in [1.807, 2.05) is 0 Å². The van der Waals surface area contributed by atoms with Crippen LogP contribution >= 0.6 is 0 Å². The third-order valence-corrected chi connectivity index (χ3v) is 9.62. The number of allylic oxidation sites excluding steroid dienone is 3. The summed E-state index contributed by atoms with van der Waals surface area (Å²) in [6.45, 7) is 17.2. The normalized spacial score (nSPS) is 14.3. The lowest BCUT2D eigenvalue weighted by Gasteiger charge is -2.15. The van der Waals surface area contributed by atoms with Crippen LogP contribution < -0.4 is 15.2 Å². The summed E-state index contributed by atoms with van der Waals surface area (Å²) in [6.07, 6.45) is -4.64. The largest absolute Gasteiger partial charge is 0.573 e. The van der Waals surface area contributed by atoms with Gasteiger partial charge in [-0.05, 0) is 75.2 Å². The van der Waals surface area contributed by atoms with Gasteiger partial charge in [-0.15, -0.1) is 13.2 Å². The van der Waals surface area contributed by atoms with Crippen LogP contribution in [0.4, 0.5) is 13.2 Å². The van der Waals surface area contributed by atoms with Gasteiger partial charge in [0.1, 0.15) is 36.6 Å². The van der Waals surface area contributed by atoms with E-state index in [0.29, 0.717) is 5.56 Å². The number of hydrogen-bond acceptors (Lipinski definition) is 6. The van der Waals surface area contributed by atoms with E-state index in [2.05, 4.69) is 14.4 Å². The van der Waals surface area contributed by atoms with E-state index < -0.39 is 44.4 Å². The summed E-state index contributed by atoms with van der Waals surface area (Å²) in [6, 6.07) is 15.2. The van der Waals surface area contributed by atoms with E-state index in [0.717, 1.165) is 24.0 Å². The van der Waals surface area contributed by atoms with Crippen molar-refractivity contribution in [1.29, 1.82) is 10.5 Å². The van der Waals surface area contributed by atoms with E-state index in [1.54, 1.807) is 43.3 Å². The SMILES string of the molecule is [C-]#[N+]C([N+]#[C-])=C1Cc2c(CS(=O)O)c3c(c(S(C)(=O)=O)c2=C1c1cccc(C)c1)CC(=C(C#N)C#N)C=3c1cccc(OC(F)(F)F)c1. The van der Waals surface area contributed by atoms with Crippen LogP contribution in [0.25, 0.3) is 20.8 Å². The number of benzene rings is 3. The molecule has 0 bridgehead atoms. The van der Waals surface area contributed by atoms with E-state index in [4.69, 9.17) is 13.1 Å². The van der Waals surface area contributed by atoms with Gasteiger partial charge in [0, 0.05) is 17.9 Å². The van der Waals surface area contributed by atoms with Crippen molar-refractivity contribution in [1.82, 2.24) is 0 Å². The molecule has 0 saturated heterocycles. The zero-order valence-electron chi connectivity index (χ0n) is 25.1. The molecule has 1 unspecified atom stereocenters. The highest BCUT2D eigenvalue weighted by atomic mass is 32.2. The first kappa shape index (κ1) is 33.8. The Hall–Kier alpha value is -5.51. The zero-order valence-corrected chi connectivity index (χ0v) is 26.7. The molecule has 48 heavy (non-hydrogen) atoms. The fraction of sp³-hybridized carbons (Fsp3) is 0.176. The van der Waals surface area contributed by atoms with Crippen LogP contribution in [-0.2, 0) is 39.5 Å². The molecule has 3 aromatic rings. The maximum atomic E-state index is 13.9. The second-order valence-corrected chi connectivity index (χ2v) is 13.8. The summed E-state index contributed by atoms with van der Waals surface area (Å²) < 4.78 is 94.2. The molecule has 2 aliphatic carbocycles. The molecule has 3 aromatic carbocycles. The number of fused-ring (bicyclic) bond motifs is 2. The Labute approximate surface area is 275 Å². The second-order valence-electron chi connectivity index (χ2n) is 10.9. The highest BCUT2D eigenvalue weighted by Gasteiger charge is 2.38. The van der Waals surface area contributed by atoms with Crippen molar-refractivity contribution < 1.29 is 35.1 Å². The van der Waals surface area contributed by atoms with Gasteiger partial charge in [0.2, 0.25) is 0 Å². The van der Waals surface area contributed by atoms with Crippen molar-refractivity contribution in [2.75, 3.05) is 6.26 Å². The van der Waals surface area contributed by atoms with Gasteiger partial charge >= 0.3 is 12.2 Å². The molecule has 0 fully saturated rings. The van der Waals surface area contributed by atoms with Crippen molar-refractivity contribution in [2.24, 2.45) is 0 Å². The third kappa shape index (κ3) is 6.13. The fourth-order valence-corrected chi connectivity index (χ4v) is 8.13. The lowest BCUT2D eigenvalue weighted by atomic mass is 9.94. The number of alkyl halides is 3. The molecular weight excluding hydrogens is 666 g/mol. The summed E-state index contributed by atoms with van der Waals surface area (Å²) in [7, 11) is -4.22. The maximum absolute atomic E-state index is 13.9. The molecular formula is C34H21F3N4O5S2. The van der Waals surface area contributed by atoms with Gasteiger partial charge in [0.15, 0.2) is 20.9 Å². The first-order chi connectivity index (χ1) is 22.6. The molecule has 9 nitrogen and oxygen atoms in total. The zero-order chi connectivity index (χ0) is 35.1. The van der Waals surface area contributed by atoms with Crippen molar-refractivity contribution in [3.05, 3.63) is 138 Å². The summed E-state index contributed by atoms with van der Waals surface area (Å²) in [4.78, 5) is 6.55. The van der Waals surface area contributed by atoms with Crippen molar-refractivity contribution in [3.8, 4) is 17.9 Å². The maximum Gasteiger partial charge on any atom is 0.573 e. The molecule has 0 amide bonds. The minimum atomic E-state index is -5.06. The molecule has 0 heterocycles. The minimum Gasteiger partial charge on any atom is -0.406 e. The Morgan fingerprint density at radius 2 is 1.56 bits per heavy atom. The standard InChI is InChI=1S/C34H21F3N4O5S2/c1-18-7-5-8-19(11-18)29-26(33(40-2)41-3)14-24-27(17-47(42)43)30-25(32(31(24)29)48(4,44)45)13-23(21(15-38)16-39)28(30)20-9-6-10-22(12-20)46-34(35,36)37/h5-12H,13-14,17H2,1,4H3,(H,42,43). The van der Waals surface area contributed by atoms with E-state index >= 15 is 0 Å². The third-order valence-electron chi connectivity index (χ3n) is 7.89. The number of ether oxygens (including phenoxy) is 1. The molecule has 1 atom stereocenters. The van der Waals surface area contributed by atoms with Gasteiger partial charge in [-0.25, -0.2) is 12.6 Å². The topological polar surface area (TPSA) is 137 Å². The van der Waals surface area contributed by atoms with Gasteiger partial charge in [0.05, 0.1) is 16.2 Å². The highest BCUT2D eigenvalue weighted by molar-refractivity contribution is 7.90. The average molecular weight is 687 g/mol. The number of halogens is 3. The lowest BCUT2D eigenvalue weighted by molar-refractivity contribution is -0.274. The predicted molar refractivity (Wildman–Crippen MR) is 168 cm³/mol. The molecule has 0 radical (unpaired) electrons. The van der Waals surface area contributed by atoms with Gasteiger partial charge < -0.3 is 9.29 Å². The number of sulfone groups is 1. The van der Waals surface area contributed by atoms with Crippen molar-refractivity contribution >= 4 is 32.1 Å². The lowest BCUT2D eigenvalue weighted by Crippen LogP contribution is -2.31. The minimum absolute atomic E-state index is 0.00795. The fourth-order valence-electron chi connectivity index (χ4n) is 6.35. The smallest absolute Gasteiger partial charge is 0.406 e. The van der Waals surface area contributed by atoms with Crippen LogP contribution in [0.15, 0.2) is 76.0 Å². The Morgan fingerprint density at radius 1 is 0.979 bits per heavy atom. The number of rotatable bonds is 6. The van der Waals surface area contributed by atoms with Crippen LogP contribution in [0.1, 0.15) is 33.4 Å². The van der Waals surface area contributed by atoms with Crippen LogP contribution in [-0.4, -0.2) is 29.8 Å². The predicted octanol–water partition coefficient (Wildman–Crippen LogP) is 4.92. The number of hydrogen-bond donors (Lipinski definition) is 1. The Balaban J connectivity index is 2.14. The number of nitriles is 2. The van der Waals surface area contributed by atoms with Crippen LogP contribution in [0.5, 0.6) is 5.75 Å². The van der Waals surface area contributed by atoms with Crippen LogP contribution in [0.2, 0.25) is 0 Å². The van der Waals surface area contributed by atoms with Crippen molar-refractivity contribution in [2.45, 2.75) is 36.8 Å². The molecule has 14 heteroatoms. The Kier molecular flexibility index (Phi) is 8.88. The molecule has 240 valence electrons. The van der Waals surface area contributed by atoms with Crippen LogP contribution in [0.3, 0.4) is 0 Å². The molecule has 5 rings (SSSR count). The summed E-state index contributed by atoms with van der Waals surface area (Å²) in [5.74, 6) is -1.55. The monoisotopic (exact) mass is 686 g/mol. The molecule has 0 saturated carbocycles. The molecule has 0 aromatic heterocycles. The molecule has 0 spiro atoms. The molecule has 1 N–H and O–H groups in total. The second kappa shape index (κ2) is 12.6. The first-order valence-corrected chi connectivity index (χ1v) is 17.0. The van der Waals surface area contributed by atoms with Gasteiger partial charge in [-0.3, -0.25) is 0 Å². The number of nitrogens with zero attached hydrogens (tertiary/aromatic N) is 4. The van der Waals surface area contributed by atoms with E-state index in [1.165, 1.54) is 12.1 Å². The van der Waals surface area contributed by atoms with Gasteiger partial charge in [-0.2, -0.15) is 20.2 Å². The Morgan fingerprint density at radius 3 is 2.10 bits per heavy atom. The quantitative estimate of drug-likeness (QED) is 0.221. The summed E-state index contributed by atoms with van der Waals surface area (Å²) in [5, 5.41) is 20.0. The first-order valence-electron chi connectivity index (χ1n) is 13.8. The molecule has 2 aliphatic rings. The van der Waals surface area contributed by atoms with Gasteiger partial charge in [0.25, 0.3) is 0 Å². The number of aryl methyl sites for hydroxylation is 1. The average Bonchev–Trinajstić information content (AvgIpc) is 3.57.